The summed E-state index contributed by atoms with van der Waals surface area (Å²) in [5.41, 5.74) is 1.18. The zero-order chi connectivity index (χ0) is 13.6. The third-order valence-corrected chi connectivity index (χ3v) is 4.46. The molecule has 0 aliphatic carbocycles. The van der Waals surface area contributed by atoms with Crippen LogP contribution in [0.1, 0.15) is 16.2 Å². The highest BCUT2D eigenvalue weighted by atomic mass is 16.5. The van der Waals surface area contributed by atoms with Crippen LogP contribution in [0.15, 0.2) is 6.07 Å². The van der Waals surface area contributed by atoms with Crippen molar-refractivity contribution in [2.45, 2.75) is 6.92 Å². The summed E-state index contributed by atoms with van der Waals surface area (Å²) in [4.78, 5) is 14.2. The average Bonchev–Trinajstić information content (AvgIpc) is 3.01. The van der Waals surface area contributed by atoms with E-state index in [1.807, 2.05) is 14.0 Å². The fourth-order valence-electron chi connectivity index (χ4n) is 3.04. The van der Waals surface area contributed by atoms with Gasteiger partial charge in [-0.15, -0.1) is 0 Å². The van der Waals surface area contributed by atoms with E-state index < -0.39 is 0 Å². The summed E-state index contributed by atoms with van der Waals surface area (Å²) in [5, 5.41) is 13.8. The highest BCUT2D eigenvalue weighted by molar-refractivity contribution is 5.92. The second-order valence-electron chi connectivity index (χ2n) is 5.71. The molecule has 0 radical (unpaired) electrons. The van der Waals surface area contributed by atoms with Gasteiger partial charge in [0, 0.05) is 37.2 Å². The van der Waals surface area contributed by atoms with Crippen molar-refractivity contribution in [1.29, 1.82) is 0 Å². The van der Waals surface area contributed by atoms with Crippen LogP contribution in [0.25, 0.3) is 0 Å². The lowest BCUT2D eigenvalue weighted by atomic mass is 9.82. The minimum atomic E-state index is -0.264. The molecule has 2 fully saturated rings. The van der Waals surface area contributed by atoms with Gasteiger partial charge in [0.05, 0.1) is 19.8 Å². The predicted octanol–water partition coefficient (Wildman–Crippen LogP) is -0.191. The van der Waals surface area contributed by atoms with Crippen LogP contribution >= 0.6 is 0 Å². The zero-order valence-electron chi connectivity index (χ0n) is 11.3. The van der Waals surface area contributed by atoms with Crippen molar-refractivity contribution in [3.63, 3.8) is 0 Å². The quantitative estimate of drug-likeness (QED) is 0.805. The molecule has 6 nitrogen and oxygen atoms in total. The summed E-state index contributed by atoms with van der Waals surface area (Å²) in [6, 6.07) is 1.80. The zero-order valence-corrected chi connectivity index (χ0v) is 11.3. The van der Waals surface area contributed by atoms with Gasteiger partial charge in [-0.2, -0.15) is 5.10 Å². The van der Waals surface area contributed by atoms with Crippen LogP contribution in [0.5, 0.6) is 0 Å². The van der Waals surface area contributed by atoms with Crippen molar-refractivity contribution >= 4 is 5.91 Å². The molecule has 2 aliphatic heterocycles. The molecule has 1 N–H and O–H groups in total. The predicted molar refractivity (Wildman–Crippen MR) is 67.7 cm³/mol. The molecular formula is C13H19N3O3. The molecule has 0 spiro atoms. The Labute approximate surface area is 112 Å². The fourth-order valence-corrected chi connectivity index (χ4v) is 3.04. The Morgan fingerprint density at radius 1 is 1.68 bits per heavy atom. The van der Waals surface area contributed by atoms with E-state index in [-0.39, 0.29) is 23.8 Å². The number of ether oxygens (including phenoxy) is 1. The first-order valence-corrected chi connectivity index (χ1v) is 6.54. The molecule has 19 heavy (non-hydrogen) atoms. The molecule has 6 heteroatoms. The Balaban J connectivity index is 1.79. The van der Waals surface area contributed by atoms with Gasteiger partial charge in [0.15, 0.2) is 5.69 Å². The van der Waals surface area contributed by atoms with Gasteiger partial charge in [0.25, 0.3) is 5.91 Å². The fraction of sp³-hybridized carbons (Fsp3) is 0.692. The van der Waals surface area contributed by atoms with Crippen LogP contribution in [0.4, 0.5) is 0 Å². The number of carbonyl (C=O) groups excluding carboxylic acids is 1. The number of rotatable bonds is 2. The first-order chi connectivity index (χ1) is 9.05. The van der Waals surface area contributed by atoms with E-state index in [2.05, 4.69) is 5.10 Å². The number of likely N-dealkylation sites (tertiary alicyclic amines) is 1. The van der Waals surface area contributed by atoms with Crippen LogP contribution in [0.2, 0.25) is 0 Å². The average molecular weight is 265 g/mol. The van der Waals surface area contributed by atoms with Gasteiger partial charge in [-0.05, 0) is 13.0 Å². The van der Waals surface area contributed by atoms with E-state index in [1.165, 1.54) is 0 Å². The third-order valence-electron chi connectivity index (χ3n) is 4.46. The van der Waals surface area contributed by atoms with Crippen LogP contribution in [0.3, 0.4) is 0 Å². The molecule has 1 aromatic heterocycles. The van der Waals surface area contributed by atoms with Crippen LogP contribution in [-0.2, 0) is 11.8 Å². The van der Waals surface area contributed by atoms with E-state index in [1.54, 1.807) is 15.6 Å². The molecule has 1 amide bonds. The van der Waals surface area contributed by atoms with Crippen LogP contribution in [0, 0.1) is 18.3 Å². The summed E-state index contributed by atoms with van der Waals surface area (Å²) < 4.78 is 7.15. The lowest BCUT2D eigenvalue weighted by Crippen LogP contribution is -2.36. The number of aryl methyl sites for hydroxylation is 2. The molecule has 2 atom stereocenters. The van der Waals surface area contributed by atoms with Crippen LogP contribution < -0.4 is 0 Å². The number of amides is 1. The molecule has 0 bridgehead atoms. The van der Waals surface area contributed by atoms with Gasteiger partial charge in [0.1, 0.15) is 0 Å². The van der Waals surface area contributed by atoms with Crippen LogP contribution in [-0.4, -0.2) is 58.6 Å². The molecule has 1 aromatic rings. The van der Waals surface area contributed by atoms with Gasteiger partial charge in [0.2, 0.25) is 0 Å². The lowest BCUT2D eigenvalue weighted by Gasteiger charge is -2.23. The summed E-state index contributed by atoms with van der Waals surface area (Å²) in [6.45, 7) is 4.37. The number of carbonyl (C=O) groups is 1. The standard InChI is InChI=1S/C13H19N3O3/c1-9-3-11(14-15(9)2)12(18)16-4-10-5-19-8-13(10,6-16)7-17/h3,10,17H,4-8H2,1-2H3/t10-,13-/m0/s1. The van der Waals surface area contributed by atoms with Crippen molar-refractivity contribution in [2.75, 3.05) is 32.9 Å². The first-order valence-electron chi connectivity index (χ1n) is 6.54. The maximum Gasteiger partial charge on any atom is 0.274 e. The topological polar surface area (TPSA) is 67.6 Å². The second kappa shape index (κ2) is 4.31. The Morgan fingerprint density at radius 2 is 2.47 bits per heavy atom. The maximum absolute atomic E-state index is 12.4. The molecule has 3 heterocycles. The van der Waals surface area contributed by atoms with Gasteiger partial charge in [-0.3, -0.25) is 9.48 Å². The normalized spacial score (nSPS) is 29.8. The number of fused-ring (bicyclic) bond motifs is 1. The molecule has 2 aliphatic rings. The monoisotopic (exact) mass is 265 g/mol. The number of aliphatic hydroxyl groups excluding tert-OH is 1. The Bertz CT molecular complexity index is 494. The molecule has 0 aromatic carbocycles. The highest BCUT2D eigenvalue weighted by Gasteiger charge is 2.51. The molecule has 2 saturated heterocycles. The Morgan fingerprint density at radius 3 is 3.05 bits per heavy atom. The smallest absolute Gasteiger partial charge is 0.274 e. The first kappa shape index (κ1) is 12.6. The molecule has 0 saturated carbocycles. The van der Waals surface area contributed by atoms with E-state index >= 15 is 0 Å². The Kier molecular flexibility index (Phi) is 2.87. The minimum absolute atomic E-state index is 0.0501. The van der Waals surface area contributed by atoms with Gasteiger partial charge in [-0.1, -0.05) is 0 Å². The number of hydrogen-bond acceptors (Lipinski definition) is 4. The number of aliphatic hydroxyl groups is 1. The van der Waals surface area contributed by atoms with E-state index in [0.29, 0.717) is 32.0 Å². The minimum Gasteiger partial charge on any atom is -0.396 e. The molecule has 0 unspecified atom stereocenters. The van der Waals surface area contributed by atoms with E-state index in [9.17, 15) is 9.90 Å². The molecular weight excluding hydrogens is 246 g/mol. The van der Waals surface area contributed by atoms with Crippen molar-refractivity contribution in [3.8, 4) is 0 Å². The number of aromatic nitrogens is 2. The maximum atomic E-state index is 12.4. The summed E-state index contributed by atoms with van der Waals surface area (Å²) >= 11 is 0. The van der Waals surface area contributed by atoms with Gasteiger partial charge >= 0.3 is 0 Å². The number of nitrogens with zero attached hydrogens (tertiary/aromatic N) is 3. The summed E-state index contributed by atoms with van der Waals surface area (Å²) in [6.07, 6.45) is 0. The summed E-state index contributed by atoms with van der Waals surface area (Å²) in [7, 11) is 1.83. The highest BCUT2D eigenvalue weighted by Crippen LogP contribution is 2.41. The van der Waals surface area contributed by atoms with Gasteiger partial charge < -0.3 is 14.7 Å². The number of hydrogen-bond donors (Lipinski definition) is 1. The molecule has 104 valence electrons. The largest absolute Gasteiger partial charge is 0.396 e. The van der Waals surface area contributed by atoms with Gasteiger partial charge in [-0.25, -0.2) is 0 Å². The summed E-state index contributed by atoms with van der Waals surface area (Å²) in [5.74, 6) is 0.192. The van der Waals surface area contributed by atoms with E-state index in [0.717, 1.165) is 5.69 Å². The lowest BCUT2D eigenvalue weighted by molar-refractivity contribution is 0.0626. The second-order valence-corrected chi connectivity index (χ2v) is 5.71. The van der Waals surface area contributed by atoms with Crippen molar-refractivity contribution in [3.05, 3.63) is 17.5 Å². The van der Waals surface area contributed by atoms with Crippen molar-refractivity contribution in [1.82, 2.24) is 14.7 Å². The van der Waals surface area contributed by atoms with Crippen molar-refractivity contribution in [2.24, 2.45) is 18.4 Å². The van der Waals surface area contributed by atoms with Crippen molar-refractivity contribution < 1.29 is 14.6 Å². The Hall–Kier alpha value is -1.40. The SMILES string of the molecule is Cc1cc(C(=O)N2C[C@H]3COC[C@@]3(CO)C2)nn1C. The van der Waals surface area contributed by atoms with E-state index in [4.69, 9.17) is 4.74 Å². The third kappa shape index (κ3) is 1.86. The molecule has 3 rings (SSSR count).